The van der Waals surface area contributed by atoms with Gasteiger partial charge in [0.1, 0.15) is 6.07 Å². The average Bonchev–Trinajstić information content (AvgIpc) is 2.53. The topological polar surface area (TPSA) is 23.8 Å². The second kappa shape index (κ2) is 3.22. The van der Waals surface area contributed by atoms with E-state index in [0.29, 0.717) is 15.5 Å². The van der Waals surface area contributed by atoms with Gasteiger partial charge in [-0.15, -0.1) is 24.0 Å². The highest BCUT2D eigenvalue weighted by Gasteiger charge is 2.09. The molecule has 0 N–H and O–H groups in total. The normalized spacial score (nSPS) is 10.2. The SMILES string of the molecule is N#Cc1c(S)cc(Cl)c2ccsc12. The molecule has 2 aromatic rings. The van der Waals surface area contributed by atoms with E-state index in [9.17, 15) is 0 Å². The molecule has 1 nitrogen and oxygen atoms in total. The number of nitriles is 1. The maximum atomic E-state index is 8.89. The van der Waals surface area contributed by atoms with Gasteiger partial charge in [-0.05, 0) is 17.5 Å². The summed E-state index contributed by atoms with van der Waals surface area (Å²) in [5.74, 6) is 0. The van der Waals surface area contributed by atoms with Crippen molar-refractivity contribution in [1.82, 2.24) is 0 Å². The molecule has 0 radical (unpaired) electrons. The molecule has 0 spiro atoms. The number of nitrogens with zero attached hydrogens (tertiary/aromatic N) is 1. The van der Waals surface area contributed by atoms with Crippen molar-refractivity contribution in [3.05, 3.63) is 28.1 Å². The zero-order chi connectivity index (χ0) is 9.42. The van der Waals surface area contributed by atoms with Gasteiger partial charge >= 0.3 is 0 Å². The smallest absolute Gasteiger partial charge is 0.102 e. The number of hydrogen-bond acceptors (Lipinski definition) is 3. The number of thiol groups is 1. The fraction of sp³-hybridized carbons (Fsp3) is 0. The van der Waals surface area contributed by atoms with E-state index in [1.54, 1.807) is 6.07 Å². The van der Waals surface area contributed by atoms with Crippen molar-refractivity contribution in [2.24, 2.45) is 0 Å². The molecule has 2 rings (SSSR count). The van der Waals surface area contributed by atoms with Crippen LogP contribution in [0.15, 0.2) is 22.4 Å². The molecule has 0 fully saturated rings. The highest BCUT2D eigenvalue weighted by atomic mass is 35.5. The minimum absolute atomic E-state index is 0.609. The van der Waals surface area contributed by atoms with Gasteiger partial charge in [-0.3, -0.25) is 0 Å². The Hall–Kier alpha value is -0.690. The molecule has 1 heterocycles. The summed E-state index contributed by atoms with van der Waals surface area (Å²) in [6.45, 7) is 0. The van der Waals surface area contributed by atoms with Gasteiger partial charge in [0.15, 0.2) is 0 Å². The zero-order valence-electron chi connectivity index (χ0n) is 6.41. The summed E-state index contributed by atoms with van der Waals surface area (Å²) in [5, 5.41) is 12.4. The quantitative estimate of drug-likeness (QED) is 0.679. The van der Waals surface area contributed by atoms with Gasteiger partial charge in [0, 0.05) is 10.3 Å². The van der Waals surface area contributed by atoms with Gasteiger partial charge in [-0.25, -0.2) is 0 Å². The summed E-state index contributed by atoms with van der Waals surface area (Å²) < 4.78 is 0.917. The van der Waals surface area contributed by atoms with Crippen molar-refractivity contribution >= 4 is 45.7 Å². The van der Waals surface area contributed by atoms with E-state index >= 15 is 0 Å². The molecular formula is C9H4ClNS2. The maximum Gasteiger partial charge on any atom is 0.102 e. The third-order valence-corrected chi connectivity index (χ3v) is 3.38. The van der Waals surface area contributed by atoms with Crippen LogP contribution in [-0.4, -0.2) is 0 Å². The predicted octanol–water partition coefficient (Wildman–Crippen LogP) is 3.72. The van der Waals surface area contributed by atoms with Crippen molar-refractivity contribution in [3.8, 4) is 6.07 Å². The molecule has 0 atom stereocenters. The molecule has 0 aliphatic heterocycles. The lowest BCUT2D eigenvalue weighted by molar-refractivity contribution is 1.42. The van der Waals surface area contributed by atoms with Crippen molar-refractivity contribution in [2.45, 2.75) is 4.90 Å². The number of fused-ring (bicyclic) bond motifs is 1. The van der Waals surface area contributed by atoms with Crippen molar-refractivity contribution in [1.29, 1.82) is 5.26 Å². The first-order chi connectivity index (χ1) is 6.24. The van der Waals surface area contributed by atoms with Gasteiger partial charge in [0.2, 0.25) is 0 Å². The maximum absolute atomic E-state index is 8.89. The van der Waals surface area contributed by atoms with Crippen LogP contribution in [0, 0.1) is 11.3 Å². The highest BCUT2D eigenvalue weighted by molar-refractivity contribution is 7.80. The Morgan fingerprint density at radius 2 is 2.31 bits per heavy atom. The summed E-state index contributed by atoms with van der Waals surface area (Å²) >= 11 is 11.7. The zero-order valence-corrected chi connectivity index (χ0v) is 8.88. The Balaban J connectivity index is 2.99. The van der Waals surface area contributed by atoms with E-state index in [-0.39, 0.29) is 0 Å². The third kappa shape index (κ3) is 1.31. The third-order valence-electron chi connectivity index (χ3n) is 1.78. The summed E-state index contributed by atoms with van der Waals surface area (Å²) in [5.41, 5.74) is 0.609. The van der Waals surface area contributed by atoms with Crippen molar-refractivity contribution in [2.75, 3.05) is 0 Å². The lowest BCUT2D eigenvalue weighted by atomic mass is 10.2. The molecule has 0 aliphatic rings. The Bertz CT molecular complexity index is 510. The number of benzene rings is 1. The fourth-order valence-corrected chi connectivity index (χ4v) is 2.87. The lowest BCUT2D eigenvalue weighted by Crippen LogP contribution is -1.79. The predicted molar refractivity (Wildman–Crippen MR) is 58.8 cm³/mol. The van der Waals surface area contributed by atoms with Crippen LogP contribution in [0.5, 0.6) is 0 Å². The highest BCUT2D eigenvalue weighted by Crippen LogP contribution is 2.34. The molecule has 64 valence electrons. The van der Waals surface area contributed by atoms with Gasteiger partial charge < -0.3 is 0 Å². The molecule has 0 bridgehead atoms. The van der Waals surface area contributed by atoms with Crippen LogP contribution in [0.25, 0.3) is 10.1 Å². The molecule has 0 aliphatic carbocycles. The van der Waals surface area contributed by atoms with Gasteiger partial charge in [0.25, 0.3) is 0 Å². The Kier molecular flexibility index (Phi) is 2.20. The first kappa shape index (κ1) is 8.89. The minimum Gasteiger partial charge on any atom is -0.192 e. The number of halogens is 1. The largest absolute Gasteiger partial charge is 0.192 e. The van der Waals surface area contributed by atoms with Gasteiger partial charge in [-0.2, -0.15) is 5.26 Å². The van der Waals surface area contributed by atoms with Crippen LogP contribution in [0.4, 0.5) is 0 Å². The number of hydrogen-bond donors (Lipinski definition) is 1. The van der Waals surface area contributed by atoms with E-state index in [2.05, 4.69) is 18.7 Å². The van der Waals surface area contributed by atoms with Crippen LogP contribution in [0.1, 0.15) is 5.56 Å². The molecule has 1 aromatic carbocycles. The molecule has 13 heavy (non-hydrogen) atoms. The van der Waals surface area contributed by atoms with Crippen molar-refractivity contribution in [3.63, 3.8) is 0 Å². The summed E-state index contributed by atoms with van der Waals surface area (Å²) in [6.07, 6.45) is 0. The van der Waals surface area contributed by atoms with Crippen LogP contribution in [0.3, 0.4) is 0 Å². The van der Waals surface area contributed by atoms with Crippen LogP contribution in [0.2, 0.25) is 5.02 Å². The summed E-state index contributed by atoms with van der Waals surface area (Å²) in [4.78, 5) is 0.641. The monoisotopic (exact) mass is 225 g/mol. The van der Waals surface area contributed by atoms with E-state index < -0.39 is 0 Å². The summed E-state index contributed by atoms with van der Waals surface area (Å²) in [6, 6.07) is 5.75. The van der Waals surface area contributed by atoms with Crippen LogP contribution in [-0.2, 0) is 0 Å². The lowest BCUT2D eigenvalue weighted by Gasteiger charge is -1.99. The molecule has 0 saturated carbocycles. The Morgan fingerprint density at radius 1 is 1.54 bits per heavy atom. The van der Waals surface area contributed by atoms with Gasteiger partial charge in [0.05, 0.1) is 15.3 Å². The Morgan fingerprint density at radius 3 is 3.00 bits per heavy atom. The van der Waals surface area contributed by atoms with E-state index in [1.807, 2.05) is 11.4 Å². The van der Waals surface area contributed by atoms with Crippen LogP contribution >= 0.6 is 35.6 Å². The minimum atomic E-state index is 0.609. The van der Waals surface area contributed by atoms with E-state index in [1.165, 1.54) is 11.3 Å². The average molecular weight is 226 g/mol. The van der Waals surface area contributed by atoms with E-state index in [4.69, 9.17) is 16.9 Å². The number of rotatable bonds is 0. The summed E-state index contributed by atoms with van der Waals surface area (Å²) in [7, 11) is 0. The molecule has 0 saturated heterocycles. The number of thiophene rings is 1. The van der Waals surface area contributed by atoms with Crippen molar-refractivity contribution < 1.29 is 0 Å². The molecule has 1 aromatic heterocycles. The van der Waals surface area contributed by atoms with Crippen LogP contribution < -0.4 is 0 Å². The first-order valence-electron chi connectivity index (χ1n) is 3.53. The first-order valence-corrected chi connectivity index (χ1v) is 5.23. The fourth-order valence-electron chi connectivity index (χ4n) is 1.19. The molecule has 0 amide bonds. The molecule has 4 heteroatoms. The van der Waals surface area contributed by atoms with Gasteiger partial charge in [-0.1, -0.05) is 11.6 Å². The second-order valence-electron chi connectivity index (χ2n) is 2.53. The standard InChI is InChI=1S/C9H4ClNS2/c10-7-3-8(12)6(4-11)9-5(7)1-2-13-9/h1-3,12H. The van der Waals surface area contributed by atoms with E-state index in [0.717, 1.165) is 10.1 Å². The molecule has 0 unspecified atom stereocenters. The Labute approximate surface area is 90.0 Å². The second-order valence-corrected chi connectivity index (χ2v) is 4.33. The molecular weight excluding hydrogens is 222 g/mol.